The van der Waals surface area contributed by atoms with E-state index in [2.05, 4.69) is 63.6 Å². The van der Waals surface area contributed by atoms with Gasteiger partial charge in [0.05, 0.1) is 0 Å². The molecule has 0 aliphatic heterocycles. The molecule has 0 aliphatic rings. The van der Waals surface area contributed by atoms with Gasteiger partial charge in [-0.15, -0.1) is 0 Å². The van der Waals surface area contributed by atoms with Crippen molar-refractivity contribution in [2.75, 3.05) is 28.2 Å². The third kappa shape index (κ3) is 2.28. The quantitative estimate of drug-likeness (QED) is 0.703. The molecule has 0 rings (SSSR count). The molecule has 2 nitrogen and oxygen atoms in total. The topological polar surface area (TPSA) is 6.48 Å². The molecule has 0 saturated heterocycles. The Morgan fingerprint density at radius 2 is 0.923 bits per heavy atom. The Morgan fingerprint density at radius 3 is 0.923 bits per heavy atom. The van der Waals surface area contributed by atoms with Crippen molar-refractivity contribution in [1.82, 2.24) is 7.71 Å². The molecule has 0 bridgehead atoms. The fourth-order valence-electron chi connectivity index (χ4n) is 3.13. The first-order valence-electron chi connectivity index (χ1n) is 5.12. The molecule has 0 N–H and O–H groups in total. The standard InChI is InChI=1S/C10H26GeN2/c1-9(2)11(10(3)4,12(5)6)13(7)8/h9-10H,1-8H3. The second-order valence-corrected chi connectivity index (χ2v) is 16.8. The van der Waals surface area contributed by atoms with E-state index in [0.29, 0.717) is 0 Å². The van der Waals surface area contributed by atoms with Crippen LogP contribution in [-0.2, 0) is 0 Å². The first-order chi connectivity index (χ1) is 5.77. The number of hydrogen-bond acceptors (Lipinski definition) is 2. The summed E-state index contributed by atoms with van der Waals surface area (Å²) in [5.74, 6) is 0. The average molecular weight is 247 g/mol. The molecule has 3 heteroatoms. The van der Waals surface area contributed by atoms with E-state index in [9.17, 15) is 0 Å². The van der Waals surface area contributed by atoms with Gasteiger partial charge in [0, 0.05) is 0 Å². The van der Waals surface area contributed by atoms with Gasteiger partial charge in [-0.05, 0) is 0 Å². The van der Waals surface area contributed by atoms with Gasteiger partial charge in [-0.25, -0.2) is 0 Å². The molecule has 0 radical (unpaired) electrons. The van der Waals surface area contributed by atoms with Crippen LogP contribution in [0.3, 0.4) is 0 Å². The molecule has 0 heterocycles. The van der Waals surface area contributed by atoms with E-state index in [1.54, 1.807) is 0 Å². The summed E-state index contributed by atoms with van der Waals surface area (Å²) < 4.78 is 6.67. The van der Waals surface area contributed by atoms with Crippen molar-refractivity contribution in [2.45, 2.75) is 37.2 Å². The van der Waals surface area contributed by atoms with Crippen LogP contribution in [0.15, 0.2) is 0 Å². The molecule has 0 fully saturated rings. The molecule has 0 aromatic rings. The maximum absolute atomic E-state index is 2.52. The van der Waals surface area contributed by atoms with Crippen molar-refractivity contribution in [3.05, 3.63) is 0 Å². The second kappa shape index (κ2) is 4.80. The molecule has 0 aromatic carbocycles. The van der Waals surface area contributed by atoms with Crippen LogP contribution in [-0.4, -0.2) is 49.6 Å². The Kier molecular flexibility index (Phi) is 4.98. The molecular formula is C10H26GeN2. The molecule has 0 aromatic heterocycles. The van der Waals surface area contributed by atoms with Crippen molar-refractivity contribution >= 4 is 13.7 Å². The van der Waals surface area contributed by atoms with Crippen molar-refractivity contribution in [2.24, 2.45) is 0 Å². The summed E-state index contributed by atoms with van der Waals surface area (Å²) in [6.07, 6.45) is 0. The molecule has 13 heavy (non-hydrogen) atoms. The zero-order valence-electron chi connectivity index (χ0n) is 10.5. The van der Waals surface area contributed by atoms with E-state index in [1.807, 2.05) is 0 Å². The van der Waals surface area contributed by atoms with Crippen LogP contribution in [0.4, 0.5) is 0 Å². The van der Waals surface area contributed by atoms with E-state index in [-0.39, 0.29) is 0 Å². The first-order valence-corrected chi connectivity index (χ1v) is 9.42. The predicted molar refractivity (Wildman–Crippen MR) is 63.3 cm³/mol. The van der Waals surface area contributed by atoms with Crippen molar-refractivity contribution in [1.29, 1.82) is 0 Å². The van der Waals surface area contributed by atoms with E-state index in [4.69, 9.17) is 0 Å². The molecule has 0 unspecified atom stereocenters. The van der Waals surface area contributed by atoms with E-state index in [0.717, 1.165) is 9.50 Å². The third-order valence-electron chi connectivity index (χ3n) is 3.13. The first kappa shape index (κ1) is 13.5. The zero-order valence-corrected chi connectivity index (χ0v) is 12.6. The van der Waals surface area contributed by atoms with Crippen LogP contribution in [0.2, 0.25) is 9.50 Å². The maximum atomic E-state index is 2.52. The summed E-state index contributed by atoms with van der Waals surface area (Å²) >= 11 is -2.00. The Balaban J connectivity index is 5.06. The van der Waals surface area contributed by atoms with Gasteiger partial charge >= 0.3 is 86.8 Å². The average Bonchev–Trinajstić information content (AvgIpc) is 1.82. The fourth-order valence-corrected chi connectivity index (χ4v) is 16.3. The Morgan fingerprint density at radius 1 is 0.692 bits per heavy atom. The van der Waals surface area contributed by atoms with Crippen LogP contribution in [0.5, 0.6) is 0 Å². The number of nitrogens with zero attached hydrogens (tertiary/aromatic N) is 2. The summed E-state index contributed by atoms with van der Waals surface area (Å²) in [7, 11) is 9.00. The Hall–Kier alpha value is 0.463. The van der Waals surface area contributed by atoms with E-state index >= 15 is 0 Å². The molecule has 0 spiro atoms. The van der Waals surface area contributed by atoms with Gasteiger partial charge in [-0.3, -0.25) is 0 Å². The van der Waals surface area contributed by atoms with Crippen LogP contribution in [0, 0.1) is 0 Å². The van der Waals surface area contributed by atoms with Crippen LogP contribution >= 0.6 is 0 Å². The predicted octanol–water partition coefficient (Wildman–Crippen LogP) is 2.37. The fraction of sp³-hybridized carbons (Fsp3) is 1.00. The number of rotatable bonds is 4. The van der Waals surface area contributed by atoms with Gasteiger partial charge in [0.15, 0.2) is 0 Å². The third-order valence-corrected chi connectivity index (χ3v) is 16.3. The van der Waals surface area contributed by atoms with Crippen molar-refractivity contribution in [3.8, 4) is 0 Å². The van der Waals surface area contributed by atoms with E-state index in [1.165, 1.54) is 0 Å². The van der Waals surface area contributed by atoms with Crippen LogP contribution in [0.25, 0.3) is 0 Å². The van der Waals surface area contributed by atoms with Crippen molar-refractivity contribution < 1.29 is 0 Å². The van der Waals surface area contributed by atoms with Gasteiger partial charge in [-0.2, -0.15) is 0 Å². The second-order valence-electron chi connectivity index (χ2n) is 4.88. The number of hydrogen-bond donors (Lipinski definition) is 0. The summed E-state index contributed by atoms with van der Waals surface area (Å²) in [6.45, 7) is 9.50. The Labute approximate surface area is 87.1 Å². The summed E-state index contributed by atoms with van der Waals surface area (Å²) in [5.41, 5.74) is 0. The SMILES string of the molecule is C[CH](C)[Ge]([CH](C)C)([N](C)C)[N](C)C. The molecule has 0 atom stereocenters. The summed E-state index contributed by atoms with van der Waals surface area (Å²) in [4.78, 5) is 0. The summed E-state index contributed by atoms with van der Waals surface area (Å²) in [6, 6.07) is 0. The van der Waals surface area contributed by atoms with Gasteiger partial charge in [0.25, 0.3) is 0 Å². The monoisotopic (exact) mass is 248 g/mol. The summed E-state index contributed by atoms with van der Waals surface area (Å²) in [5, 5.41) is 0. The van der Waals surface area contributed by atoms with E-state index < -0.39 is 13.7 Å². The molecule has 0 amide bonds. The normalized spacial score (nSPS) is 13.8. The molecule has 0 aliphatic carbocycles. The van der Waals surface area contributed by atoms with Crippen LogP contribution in [0.1, 0.15) is 27.7 Å². The molecular weight excluding hydrogens is 221 g/mol. The molecule has 80 valence electrons. The van der Waals surface area contributed by atoms with Crippen LogP contribution < -0.4 is 0 Å². The van der Waals surface area contributed by atoms with Gasteiger partial charge in [0.1, 0.15) is 0 Å². The van der Waals surface area contributed by atoms with Crippen molar-refractivity contribution in [3.63, 3.8) is 0 Å². The minimum atomic E-state index is -2.00. The zero-order chi connectivity index (χ0) is 10.8. The Bertz CT molecular complexity index is 115. The van der Waals surface area contributed by atoms with Gasteiger partial charge in [0.2, 0.25) is 0 Å². The molecule has 0 saturated carbocycles. The van der Waals surface area contributed by atoms with Gasteiger partial charge < -0.3 is 0 Å². The minimum absolute atomic E-state index is 0.810. The van der Waals surface area contributed by atoms with Gasteiger partial charge in [-0.1, -0.05) is 0 Å².